The molecule has 0 saturated heterocycles. The van der Waals surface area contributed by atoms with Crippen LogP contribution in [0.3, 0.4) is 0 Å². The fourth-order valence-electron chi connectivity index (χ4n) is 6.08. The van der Waals surface area contributed by atoms with E-state index >= 15 is 0 Å². The average molecular weight is 547 g/mol. The Balaban J connectivity index is 1.22. The van der Waals surface area contributed by atoms with Crippen LogP contribution in [0.1, 0.15) is 35.4 Å². The number of esters is 1. The van der Waals surface area contributed by atoms with Gasteiger partial charge in [0.1, 0.15) is 11.9 Å². The van der Waals surface area contributed by atoms with Crippen molar-refractivity contribution in [1.29, 1.82) is 0 Å². The molecule has 5 nitrogen and oxygen atoms in total. The number of nitrogens with zero attached hydrogens (tertiary/aromatic N) is 1. The van der Waals surface area contributed by atoms with E-state index in [-0.39, 0.29) is 6.10 Å². The first kappa shape index (κ1) is 25.7. The van der Waals surface area contributed by atoms with Crippen molar-refractivity contribution in [3.05, 3.63) is 74.1 Å². The van der Waals surface area contributed by atoms with E-state index in [1.165, 1.54) is 22.7 Å². The van der Waals surface area contributed by atoms with Gasteiger partial charge >= 0.3 is 5.97 Å². The largest absolute Gasteiger partial charge is 0.493 e. The Morgan fingerprint density at radius 1 is 1.08 bits per heavy atom. The average Bonchev–Trinajstić information content (AvgIpc) is 3.68. The summed E-state index contributed by atoms with van der Waals surface area (Å²) in [7, 11) is 4.56. The van der Waals surface area contributed by atoms with Gasteiger partial charge < -0.3 is 19.1 Å². The monoisotopic (exact) mass is 546 g/mol. The topological polar surface area (TPSA) is 55.8 Å². The van der Waals surface area contributed by atoms with E-state index in [2.05, 4.69) is 14.1 Å². The molecule has 2 aromatic heterocycles. The number of ether oxygens (including phenoxy) is 2. The normalized spacial score (nSPS) is 23.7. The van der Waals surface area contributed by atoms with E-state index in [0.717, 1.165) is 42.5 Å². The van der Waals surface area contributed by atoms with Crippen LogP contribution < -0.4 is 4.74 Å². The van der Waals surface area contributed by atoms with Gasteiger partial charge in [0.2, 0.25) is 5.60 Å². The number of carbonyl (C=O) groups is 1. The van der Waals surface area contributed by atoms with Gasteiger partial charge in [-0.2, -0.15) is 0 Å². The Morgan fingerprint density at radius 3 is 2.36 bits per heavy atom. The number of carbonyl (C=O) groups excluding carboxylic acids is 1. The molecule has 192 valence electrons. The molecular weight excluding hydrogens is 514 g/mol. The Kier molecular flexibility index (Phi) is 7.48. The molecule has 36 heavy (non-hydrogen) atoms. The fraction of sp³-hybridized carbons (Fsp3) is 0.464. The van der Waals surface area contributed by atoms with Crippen molar-refractivity contribution in [2.45, 2.75) is 43.4 Å². The molecule has 3 aromatic rings. The van der Waals surface area contributed by atoms with Gasteiger partial charge in [-0.1, -0.05) is 23.7 Å². The summed E-state index contributed by atoms with van der Waals surface area (Å²) < 4.78 is 13.0. The summed E-state index contributed by atoms with van der Waals surface area (Å²) >= 11 is 8.72. The van der Waals surface area contributed by atoms with Gasteiger partial charge in [0.15, 0.2) is 0 Å². The van der Waals surface area contributed by atoms with Crippen molar-refractivity contribution < 1.29 is 23.9 Å². The summed E-state index contributed by atoms with van der Waals surface area (Å²) in [5.41, 5.74) is -1.75. The van der Waals surface area contributed by atoms with Gasteiger partial charge in [-0.05, 0) is 60.0 Å². The van der Waals surface area contributed by atoms with Gasteiger partial charge in [0, 0.05) is 29.7 Å². The zero-order valence-corrected chi connectivity index (χ0v) is 23.0. The van der Waals surface area contributed by atoms with E-state index in [0.29, 0.717) is 39.3 Å². The van der Waals surface area contributed by atoms with Crippen LogP contribution in [0.4, 0.5) is 0 Å². The number of quaternary nitrogens is 1. The van der Waals surface area contributed by atoms with E-state index in [4.69, 9.17) is 21.1 Å². The number of hydrogen-bond donors (Lipinski definition) is 1. The van der Waals surface area contributed by atoms with E-state index in [1.54, 1.807) is 0 Å². The Morgan fingerprint density at radius 2 is 1.75 bits per heavy atom. The van der Waals surface area contributed by atoms with Crippen LogP contribution >= 0.6 is 34.3 Å². The van der Waals surface area contributed by atoms with Crippen molar-refractivity contribution in [2.75, 3.05) is 27.2 Å². The SMILES string of the molecule is C[N+](C)(CCCOc1ccc(Cl)cc1)C1CC2CCC1C2OC(=O)C(O)(c1cccs1)c1cccs1. The molecule has 2 heterocycles. The fourth-order valence-corrected chi connectivity index (χ4v) is 7.92. The van der Waals surface area contributed by atoms with Crippen LogP contribution in [0.2, 0.25) is 5.02 Å². The zero-order chi connectivity index (χ0) is 25.3. The van der Waals surface area contributed by atoms with Crippen molar-refractivity contribution in [3.63, 3.8) is 0 Å². The second kappa shape index (κ2) is 10.5. The molecule has 8 heteroatoms. The van der Waals surface area contributed by atoms with Gasteiger partial charge in [-0.3, -0.25) is 0 Å². The molecule has 4 unspecified atom stereocenters. The molecule has 0 spiro atoms. The molecular formula is C28H33ClNO4S2+. The molecule has 5 rings (SSSR count). The number of aliphatic hydroxyl groups is 1. The van der Waals surface area contributed by atoms with Gasteiger partial charge in [-0.15, -0.1) is 22.7 Å². The second-order valence-electron chi connectivity index (χ2n) is 10.5. The second-order valence-corrected chi connectivity index (χ2v) is 12.8. The van der Waals surface area contributed by atoms with Crippen LogP contribution in [-0.4, -0.2) is 55.0 Å². The van der Waals surface area contributed by atoms with Gasteiger partial charge in [-0.25, -0.2) is 4.79 Å². The van der Waals surface area contributed by atoms with E-state index < -0.39 is 11.6 Å². The lowest BCUT2D eigenvalue weighted by Crippen LogP contribution is -2.53. The first-order valence-corrected chi connectivity index (χ1v) is 14.7. The third-order valence-electron chi connectivity index (χ3n) is 7.95. The predicted molar refractivity (Wildman–Crippen MR) is 145 cm³/mol. The van der Waals surface area contributed by atoms with Crippen LogP contribution in [-0.2, 0) is 15.1 Å². The molecule has 2 bridgehead atoms. The van der Waals surface area contributed by atoms with Crippen molar-refractivity contribution in [3.8, 4) is 5.75 Å². The lowest BCUT2D eigenvalue weighted by atomic mass is 9.92. The Labute approximate surface area is 225 Å². The van der Waals surface area contributed by atoms with Crippen molar-refractivity contribution >= 4 is 40.2 Å². The van der Waals surface area contributed by atoms with Crippen LogP contribution in [0.15, 0.2) is 59.3 Å². The minimum absolute atomic E-state index is 0.142. The summed E-state index contributed by atoms with van der Waals surface area (Å²) in [6, 6.07) is 15.2. The maximum Gasteiger partial charge on any atom is 0.349 e. The zero-order valence-electron chi connectivity index (χ0n) is 20.6. The summed E-state index contributed by atoms with van der Waals surface area (Å²) in [4.78, 5) is 14.8. The Bertz CT molecular complexity index is 1110. The molecule has 1 aromatic carbocycles. The first-order chi connectivity index (χ1) is 17.3. The minimum atomic E-state index is -1.75. The van der Waals surface area contributed by atoms with Crippen LogP contribution in [0, 0.1) is 11.8 Å². The number of halogens is 1. The molecule has 2 aliphatic rings. The highest BCUT2D eigenvalue weighted by atomic mass is 35.5. The number of rotatable bonds is 10. The first-order valence-electron chi connectivity index (χ1n) is 12.5. The summed E-state index contributed by atoms with van der Waals surface area (Å²) in [5.74, 6) is 0.946. The molecule has 0 aliphatic heterocycles. The number of hydrogen-bond acceptors (Lipinski definition) is 6. The maximum atomic E-state index is 13.6. The van der Waals surface area contributed by atoms with Gasteiger partial charge in [0.25, 0.3) is 0 Å². The highest BCUT2D eigenvalue weighted by Gasteiger charge is 2.57. The lowest BCUT2D eigenvalue weighted by Gasteiger charge is -2.40. The highest BCUT2D eigenvalue weighted by molar-refractivity contribution is 7.12. The van der Waals surface area contributed by atoms with Crippen molar-refractivity contribution in [2.24, 2.45) is 11.8 Å². The van der Waals surface area contributed by atoms with Crippen LogP contribution in [0.5, 0.6) is 5.75 Å². The maximum absolute atomic E-state index is 13.6. The number of thiophene rings is 2. The summed E-state index contributed by atoms with van der Waals surface area (Å²) in [5, 5.41) is 16.1. The smallest absolute Gasteiger partial charge is 0.349 e. The standard InChI is InChI=1S/C28H33ClNO4S2/c1-30(2,14-5-15-33-21-11-9-20(29)10-12-21)23-18-19-8-13-22(23)26(19)34-27(31)28(32,24-6-3-16-35-24)25-7-4-17-36-25/h3-4,6-7,9-12,16-17,19,22-23,26,32H,5,8,13-15,18H2,1-2H3/q+1. The molecule has 4 atom stereocenters. The lowest BCUT2D eigenvalue weighted by molar-refractivity contribution is -0.918. The minimum Gasteiger partial charge on any atom is -0.493 e. The number of benzene rings is 1. The summed E-state index contributed by atoms with van der Waals surface area (Å²) in [6.45, 7) is 1.63. The Hall–Kier alpha value is -1.90. The number of fused-ring (bicyclic) bond motifs is 2. The van der Waals surface area contributed by atoms with E-state index in [9.17, 15) is 9.90 Å². The molecule has 0 radical (unpaired) electrons. The van der Waals surface area contributed by atoms with Crippen LogP contribution in [0.25, 0.3) is 0 Å². The summed E-state index contributed by atoms with van der Waals surface area (Å²) in [6.07, 6.45) is 3.98. The predicted octanol–water partition coefficient (Wildman–Crippen LogP) is 5.95. The molecule has 1 N–H and O–H groups in total. The molecule has 0 amide bonds. The quantitative estimate of drug-likeness (QED) is 0.194. The third kappa shape index (κ3) is 4.96. The van der Waals surface area contributed by atoms with Crippen molar-refractivity contribution in [1.82, 2.24) is 0 Å². The van der Waals surface area contributed by atoms with E-state index in [1.807, 2.05) is 59.3 Å². The molecule has 2 aliphatic carbocycles. The van der Waals surface area contributed by atoms with Gasteiger partial charge in [0.05, 0.1) is 43.0 Å². The molecule has 2 saturated carbocycles. The third-order valence-corrected chi connectivity index (χ3v) is 10.2. The molecule has 2 fully saturated rings. The highest BCUT2D eigenvalue weighted by Crippen LogP contribution is 2.50.